The number of rotatable bonds is 4. The Morgan fingerprint density at radius 3 is 2.71 bits per heavy atom. The number of anilines is 2. The monoisotopic (exact) mass is 323 g/mol. The lowest BCUT2D eigenvalue weighted by Gasteiger charge is -2.27. The molecule has 3 heterocycles. The van der Waals surface area contributed by atoms with Gasteiger partial charge in [-0.3, -0.25) is 0 Å². The van der Waals surface area contributed by atoms with E-state index in [0.717, 1.165) is 54.7 Å². The van der Waals surface area contributed by atoms with Crippen molar-refractivity contribution in [2.75, 3.05) is 36.5 Å². The van der Waals surface area contributed by atoms with Gasteiger partial charge in [-0.15, -0.1) is 0 Å². The molecule has 6 heteroatoms. The third kappa shape index (κ3) is 2.92. The van der Waals surface area contributed by atoms with Crippen LogP contribution in [0.3, 0.4) is 0 Å². The summed E-state index contributed by atoms with van der Waals surface area (Å²) in [4.78, 5) is 11.5. The predicted octanol–water partition coefficient (Wildman–Crippen LogP) is 2.42. The van der Waals surface area contributed by atoms with Crippen LogP contribution in [-0.2, 0) is 18.3 Å². The minimum absolute atomic E-state index is 0.702. The Morgan fingerprint density at radius 1 is 1.12 bits per heavy atom. The van der Waals surface area contributed by atoms with Gasteiger partial charge in [0.2, 0.25) is 5.95 Å². The lowest BCUT2D eigenvalue weighted by molar-refractivity contribution is 0.122. The van der Waals surface area contributed by atoms with Gasteiger partial charge in [0.1, 0.15) is 5.82 Å². The highest BCUT2D eigenvalue weighted by Crippen LogP contribution is 2.18. The third-order valence-corrected chi connectivity index (χ3v) is 4.38. The highest BCUT2D eigenvalue weighted by molar-refractivity contribution is 5.78. The molecule has 24 heavy (non-hydrogen) atoms. The van der Waals surface area contributed by atoms with Crippen molar-refractivity contribution >= 4 is 22.8 Å². The maximum Gasteiger partial charge on any atom is 0.203 e. The summed E-state index contributed by atoms with van der Waals surface area (Å²) in [7, 11) is 2.03. The van der Waals surface area contributed by atoms with Crippen molar-refractivity contribution < 1.29 is 4.74 Å². The van der Waals surface area contributed by atoms with Gasteiger partial charge in [-0.1, -0.05) is 18.2 Å². The molecule has 0 spiro atoms. The highest BCUT2D eigenvalue weighted by Gasteiger charge is 2.12. The van der Waals surface area contributed by atoms with Gasteiger partial charge in [-0.2, -0.15) is 0 Å². The Labute approximate surface area is 141 Å². The van der Waals surface area contributed by atoms with Crippen LogP contribution in [0, 0.1) is 0 Å². The van der Waals surface area contributed by atoms with E-state index in [1.165, 1.54) is 0 Å². The molecule has 3 aromatic rings. The van der Waals surface area contributed by atoms with Crippen molar-refractivity contribution in [2.24, 2.45) is 7.05 Å². The van der Waals surface area contributed by atoms with Gasteiger partial charge >= 0.3 is 0 Å². The maximum absolute atomic E-state index is 5.38. The first kappa shape index (κ1) is 15.0. The van der Waals surface area contributed by atoms with Gasteiger partial charge in [-0.05, 0) is 23.8 Å². The number of hydrogen-bond acceptors (Lipinski definition) is 5. The number of imidazole rings is 1. The fraction of sp³-hybridized carbons (Fsp3) is 0.333. The van der Waals surface area contributed by atoms with Crippen LogP contribution in [0.25, 0.3) is 11.0 Å². The fourth-order valence-electron chi connectivity index (χ4n) is 2.99. The predicted molar refractivity (Wildman–Crippen MR) is 95.3 cm³/mol. The van der Waals surface area contributed by atoms with Gasteiger partial charge in [-0.25, -0.2) is 9.97 Å². The average molecular weight is 323 g/mol. The molecule has 0 bridgehead atoms. The van der Waals surface area contributed by atoms with Crippen LogP contribution in [-0.4, -0.2) is 40.8 Å². The van der Waals surface area contributed by atoms with E-state index in [0.29, 0.717) is 6.54 Å². The zero-order valence-electron chi connectivity index (χ0n) is 13.8. The molecule has 1 aromatic carbocycles. The van der Waals surface area contributed by atoms with Crippen LogP contribution in [0.2, 0.25) is 0 Å². The van der Waals surface area contributed by atoms with E-state index >= 15 is 0 Å². The first-order chi connectivity index (χ1) is 11.8. The molecule has 0 aliphatic carbocycles. The summed E-state index contributed by atoms with van der Waals surface area (Å²) in [6.45, 7) is 4.07. The van der Waals surface area contributed by atoms with Crippen LogP contribution in [0.5, 0.6) is 0 Å². The van der Waals surface area contributed by atoms with Crippen molar-refractivity contribution in [3.63, 3.8) is 0 Å². The molecule has 0 saturated carbocycles. The van der Waals surface area contributed by atoms with Crippen molar-refractivity contribution in [3.8, 4) is 0 Å². The normalized spacial score (nSPS) is 15.0. The smallest absolute Gasteiger partial charge is 0.203 e. The Bertz CT molecular complexity index is 821. The van der Waals surface area contributed by atoms with Gasteiger partial charge in [0.05, 0.1) is 24.2 Å². The number of hydrogen-bond donors (Lipinski definition) is 1. The molecule has 0 amide bonds. The lowest BCUT2D eigenvalue weighted by atomic mass is 10.2. The van der Waals surface area contributed by atoms with Crippen LogP contribution in [0.1, 0.15) is 5.56 Å². The average Bonchev–Trinajstić information content (AvgIpc) is 2.97. The van der Waals surface area contributed by atoms with Crippen molar-refractivity contribution in [2.45, 2.75) is 6.54 Å². The summed E-state index contributed by atoms with van der Waals surface area (Å²) >= 11 is 0. The first-order valence-corrected chi connectivity index (χ1v) is 8.24. The highest BCUT2D eigenvalue weighted by atomic mass is 16.5. The minimum atomic E-state index is 0.702. The third-order valence-electron chi connectivity index (χ3n) is 4.38. The van der Waals surface area contributed by atoms with E-state index in [-0.39, 0.29) is 0 Å². The number of nitrogens with one attached hydrogen (secondary N) is 1. The fourth-order valence-corrected chi connectivity index (χ4v) is 2.99. The molecule has 1 N–H and O–H groups in total. The quantitative estimate of drug-likeness (QED) is 0.799. The SMILES string of the molecule is Cn1c(NCc2ccc(N3CCOCC3)nc2)nc2ccccc21. The van der Waals surface area contributed by atoms with Crippen molar-refractivity contribution in [1.82, 2.24) is 14.5 Å². The largest absolute Gasteiger partial charge is 0.378 e. The molecule has 124 valence electrons. The zero-order chi connectivity index (χ0) is 16.4. The number of fused-ring (bicyclic) bond motifs is 1. The van der Waals surface area contributed by atoms with Crippen LogP contribution >= 0.6 is 0 Å². The second-order valence-corrected chi connectivity index (χ2v) is 5.96. The molecular weight excluding hydrogens is 302 g/mol. The molecule has 1 saturated heterocycles. The van der Waals surface area contributed by atoms with Gasteiger partial charge in [0, 0.05) is 32.9 Å². The van der Waals surface area contributed by atoms with Crippen LogP contribution in [0.4, 0.5) is 11.8 Å². The number of aromatic nitrogens is 3. The van der Waals surface area contributed by atoms with E-state index in [1.807, 2.05) is 31.4 Å². The zero-order valence-corrected chi connectivity index (χ0v) is 13.8. The van der Waals surface area contributed by atoms with Gasteiger partial charge in [0.15, 0.2) is 0 Å². The summed E-state index contributed by atoms with van der Waals surface area (Å²) in [6.07, 6.45) is 1.93. The molecule has 2 aromatic heterocycles. The number of morpholine rings is 1. The molecule has 1 aliphatic heterocycles. The molecule has 6 nitrogen and oxygen atoms in total. The van der Waals surface area contributed by atoms with Crippen LogP contribution < -0.4 is 10.2 Å². The minimum Gasteiger partial charge on any atom is -0.378 e. The molecular formula is C18H21N5O. The number of para-hydroxylation sites is 2. The lowest BCUT2D eigenvalue weighted by Crippen LogP contribution is -2.36. The topological polar surface area (TPSA) is 55.2 Å². The summed E-state index contributed by atoms with van der Waals surface area (Å²) in [5.74, 6) is 1.89. The van der Waals surface area contributed by atoms with E-state index in [1.54, 1.807) is 0 Å². The Balaban J connectivity index is 1.44. The molecule has 4 rings (SSSR count). The second-order valence-electron chi connectivity index (χ2n) is 5.96. The van der Waals surface area contributed by atoms with E-state index in [4.69, 9.17) is 4.74 Å². The number of benzene rings is 1. The number of ether oxygens (including phenoxy) is 1. The molecule has 0 atom stereocenters. The Morgan fingerprint density at radius 2 is 1.96 bits per heavy atom. The van der Waals surface area contributed by atoms with Gasteiger partial charge in [0.25, 0.3) is 0 Å². The van der Waals surface area contributed by atoms with Gasteiger partial charge < -0.3 is 19.5 Å². The number of pyridine rings is 1. The molecule has 1 fully saturated rings. The van der Waals surface area contributed by atoms with E-state index in [2.05, 4.69) is 43.0 Å². The second kappa shape index (κ2) is 6.49. The Hall–Kier alpha value is -2.60. The Kier molecular flexibility index (Phi) is 4.04. The summed E-state index contributed by atoms with van der Waals surface area (Å²) in [5.41, 5.74) is 3.27. The maximum atomic E-state index is 5.38. The standard InChI is InChI=1S/C18H21N5O/c1-22-16-5-3-2-4-15(16)21-18(22)20-13-14-6-7-17(19-12-14)23-8-10-24-11-9-23/h2-7,12H,8-11,13H2,1H3,(H,20,21). The summed E-state index contributed by atoms with van der Waals surface area (Å²) in [6, 6.07) is 12.3. The molecule has 1 aliphatic rings. The van der Waals surface area contributed by atoms with E-state index in [9.17, 15) is 0 Å². The molecule has 0 unspecified atom stereocenters. The number of nitrogens with zero attached hydrogens (tertiary/aromatic N) is 4. The summed E-state index contributed by atoms with van der Waals surface area (Å²) in [5, 5.41) is 3.40. The summed E-state index contributed by atoms with van der Waals surface area (Å²) < 4.78 is 7.45. The number of aryl methyl sites for hydroxylation is 1. The van der Waals surface area contributed by atoms with Crippen molar-refractivity contribution in [3.05, 3.63) is 48.2 Å². The molecule has 0 radical (unpaired) electrons. The van der Waals surface area contributed by atoms with E-state index < -0.39 is 0 Å². The first-order valence-electron chi connectivity index (χ1n) is 8.24. The van der Waals surface area contributed by atoms with Crippen LogP contribution in [0.15, 0.2) is 42.6 Å². The van der Waals surface area contributed by atoms with Crippen molar-refractivity contribution in [1.29, 1.82) is 0 Å².